The minimum Gasteiger partial charge on any atom is -0.372 e. The van der Waals surface area contributed by atoms with E-state index in [9.17, 15) is 0 Å². The minimum atomic E-state index is 0. The van der Waals surface area contributed by atoms with Gasteiger partial charge in [0.25, 0.3) is 0 Å². The van der Waals surface area contributed by atoms with Gasteiger partial charge in [0.1, 0.15) is 0 Å². The van der Waals surface area contributed by atoms with Gasteiger partial charge in [0.15, 0.2) is 5.96 Å². The molecule has 5 heteroatoms. The fraction of sp³-hybridized carbons (Fsp3) is 0.316. The molecule has 0 radical (unpaired) electrons. The quantitative estimate of drug-likeness (QED) is 0.681. The van der Waals surface area contributed by atoms with E-state index in [0.29, 0.717) is 13.2 Å². The monoisotopic (exact) mass is 437 g/mol. The maximum absolute atomic E-state index is 5.76. The van der Waals surface area contributed by atoms with Gasteiger partial charge in [-0.15, -0.1) is 24.0 Å². The molecule has 0 saturated carbocycles. The van der Waals surface area contributed by atoms with Crippen molar-refractivity contribution in [3.05, 3.63) is 71.3 Å². The molecular formula is C19H24IN3O. The van der Waals surface area contributed by atoms with Crippen LogP contribution in [0.2, 0.25) is 0 Å². The Hall–Kier alpha value is -1.60. The van der Waals surface area contributed by atoms with Crippen LogP contribution in [0.1, 0.15) is 23.1 Å². The third-order valence-electron chi connectivity index (χ3n) is 3.76. The second kappa shape index (κ2) is 10.3. The summed E-state index contributed by atoms with van der Waals surface area (Å²) in [6.07, 6.45) is 1.11. The average Bonchev–Trinajstić information content (AvgIpc) is 2.63. The van der Waals surface area contributed by atoms with E-state index in [4.69, 9.17) is 4.74 Å². The first-order valence-corrected chi connectivity index (χ1v) is 8.12. The number of guanidine groups is 1. The van der Waals surface area contributed by atoms with Crippen LogP contribution in [0.15, 0.2) is 59.6 Å². The van der Waals surface area contributed by atoms with E-state index >= 15 is 0 Å². The molecule has 4 nitrogen and oxygen atoms in total. The fourth-order valence-electron chi connectivity index (χ4n) is 2.45. The van der Waals surface area contributed by atoms with Crippen molar-refractivity contribution < 1.29 is 4.74 Å². The molecule has 0 fully saturated rings. The molecular weight excluding hydrogens is 413 g/mol. The summed E-state index contributed by atoms with van der Waals surface area (Å²) in [5.41, 5.74) is 3.64. The maximum atomic E-state index is 5.76. The Labute approximate surface area is 160 Å². The Morgan fingerprint density at radius 3 is 2.25 bits per heavy atom. The smallest absolute Gasteiger partial charge is 0.191 e. The van der Waals surface area contributed by atoms with Gasteiger partial charge in [-0.1, -0.05) is 54.6 Å². The Morgan fingerprint density at radius 1 is 0.917 bits per heavy atom. The normalized spacial score (nSPS) is 13.4. The number of halogens is 1. The Bertz CT molecular complexity index is 629. The lowest BCUT2D eigenvalue weighted by atomic mass is 10.1. The van der Waals surface area contributed by atoms with Crippen molar-refractivity contribution in [2.75, 3.05) is 13.1 Å². The summed E-state index contributed by atoms with van der Waals surface area (Å²) in [4.78, 5) is 4.41. The highest BCUT2D eigenvalue weighted by Crippen LogP contribution is 2.08. The number of hydrogen-bond acceptors (Lipinski definition) is 4. The Kier molecular flexibility index (Phi) is 8.04. The van der Waals surface area contributed by atoms with E-state index in [1.54, 1.807) is 0 Å². The van der Waals surface area contributed by atoms with Crippen molar-refractivity contribution in [1.29, 1.82) is 0 Å². The molecule has 0 unspecified atom stereocenters. The summed E-state index contributed by atoms with van der Waals surface area (Å²) in [6.45, 7) is 3.99. The van der Waals surface area contributed by atoms with Crippen LogP contribution >= 0.6 is 24.0 Å². The van der Waals surface area contributed by atoms with Crippen LogP contribution in [0.3, 0.4) is 0 Å². The van der Waals surface area contributed by atoms with Crippen molar-refractivity contribution in [1.82, 2.24) is 10.6 Å². The number of hydrogen-bond donors (Lipinski definition) is 2. The lowest BCUT2D eigenvalue weighted by Crippen LogP contribution is -2.40. The van der Waals surface area contributed by atoms with E-state index in [1.165, 1.54) is 16.7 Å². The molecule has 0 bridgehead atoms. The minimum absolute atomic E-state index is 0. The topological polar surface area (TPSA) is 45.6 Å². The molecule has 2 aromatic carbocycles. The zero-order valence-corrected chi connectivity index (χ0v) is 16.0. The van der Waals surface area contributed by atoms with Crippen LogP contribution in [-0.4, -0.2) is 19.0 Å². The molecule has 0 atom stereocenters. The lowest BCUT2D eigenvalue weighted by Gasteiger charge is -2.16. The van der Waals surface area contributed by atoms with Crippen molar-refractivity contribution >= 4 is 29.9 Å². The van der Waals surface area contributed by atoms with Crippen LogP contribution in [-0.2, 0) is 24.5 Å². The molecule has 2 N–H and O–H groups in total. The van der Waals surface area contributed by atoms with Gasteiger partial charge in [-0.3, -0.25) is 4.99 Å². The van der Waals surface area contributed by atoms with Crippen LogP contribution < -0.4 is 10.6 Å². The predicted octanol–water partition coefficient (Wildman–Crippen LogP) is 3.46. The van der Waals surface area contributed by atoms with Gasteiger partial charge in [-0.05, 0) is 23.1 Å². The molecule has 128 valence electrons. The van der Waals surface area contributed by atoms with Crippen LogP contribution in [0, 0.1) is 0 Å². The molecule has 24 heavy (non-hydrogen) atoms. The van der Waals surface area contributed by atoms with Crippen molar-refractivity contribution in [3.8, 4) is 0 Å². The molecule has 1 aliphatic heterocycles. The molecule has 3 rings (SSSR count). The zero-order chi connectivity index (χ0) is 15.7. The van der Waals surface area contributed by atoms with Crippen LogP contribution in [0.4, 0.5) is 0 Å². The summed E-state index contributed by atoms with van der Waals surface area (Å²) in [7, 11) is 0. The zero-order valence-electron chi connectivity index (χ0n) is 13.7. The van der Waals surface area contributed by atoms with E-state index < -0.39 is 0 Å². The summed E-state index contributed by atoms with van der Waals surface area (Å²) in [5, 5.41) is 6.59. The standard InChI is InChI=1S/C19H23N3O.HI/c1-2-5-17(6-3-1)14-23-15-18-9-7-16(8-10-18)13-22-19-20-11-4-12-21-19;/h1-3,5-10H,4,11-15H2,(H2,20,21,22);1H. The van der Waals surface area contributed by atoms with Gasteiger partial charge < -0.3 is 15.4 Å². The first-order valence-electron chi connectivity index (χ1n) is 8.12. The van der Waals surface area contributed by atoms with Crippen molar-refractivity contribution in [2.24, 2.45) is 4.99 Å². The van der Waals surface area contributed by atoms with E-state index in [-0.39, 0.29) is 24.0 Å². The average molecular weight is 437 g/mol. The molecule has 2 aromatic rings. The fourth-order valence-corrected chi connectivity index (χ4v) is 2.45. The lowest BCUT2D eigenvalue weighted by molar-refractivity contribution is 0.107. The van der Waals surface area contributed by atoms with Crippen molar-refractivity contribution in [3.63, 3.8) is 0 Å². The Morgan fingerprint density at radius 2 is 1.58 bits per heavy atom. The molecule has 0 aromatic heterocycles. The second-order valence-electron chi connectivity index (χ2n) is 5.66. The molecule has 0 amide bonds. The van der Waals surface area contributed by atoms with Gasteiger partial charge in [0.2, 0.25) is 0 Å². The van der Waals surface area contributed by atoms with Gasteiger partial charge >= 0.3 is 0 Å². The highest BCUT2D eigenvalue weighted by molar-refractivity contribution is 14.0. The molecule has 0 aliphatic carbocycles. The Balaban J connectivity index is 0.00000208. The van der Waals surface area contributed by atoms with Gasteiger partial charge in [0.05, 0.1) is 13.2 Å². The number of benzene rings is 2. The number of nitrogens with zero attached hydrogens (tertiary/aromatic N) is 1. The summed E-state index contributed by atoms with van der Waals surface area (Å²) < 4.78 is 5.76. The van der Waals surface area contributed by atoms with E-state index in [0.717, 1.165) is 32.0 Å². The number of ether oxygens (including phenoxy) is 1. The number of nitrogens with one attached hydrogen (secondary N) is 2. The van der Waals surface area contributed by atoms with Gasteiger partial charge in [0, 0.05) is 19.6 Å². The first-order chi connectivity index (χ1) is 11.4. The molecule has 0 spiro atoms. The first kappa shape index (κ1) is 18.7. The largest absolute Gasteiger partial charge is 0.372 e. The summed E-state index contributed by atoms with van der Waals surface area (Å²) in [6, 6.07) is 18.8. The molecule has 1 heterocycles. The second-order valence-corrected chi connectivity index (χ2v) is 5.66. The van der Waals surface area contributed by atoms with Crippen molar-refractivity contribution in [2.45, 2.75) is 26.2 Å². The van der Waals surface area contributed by atoms with Gasteiger partial charge in [-0.2, -0.15) is 0 Å². The third-order valence-corrected chi connectivity index (χ3v) is 3.76. The van der Waals surface area contributed by atoms with E-state index in [2.05, 4.69) is 52.0 Å². The third kappa shape index (κ3) is 6.13. The summed E-state index contributed by atoms with van der Waals surface area (Å²) in [5.74, 6) is 0.909. The SMILES string of the molecule is I.c1ccc(COCc2ccc(CNC3=NCCCN3)cc2)cc1. The molecule has 0 saturated heterocycles. The van der Waals surface area contributed by atoms with Crippen LogP contribution in [0.5, 0.6) is 0 Å². The van der Waals surface area contributed by atoms with Gasteiger partial charge in [-0.25, -0.2) is 0 Å². The predicted molar refractivity (Wildman–Crippen MR) is 109 cm³/mol. The highest BCUT2D eigenvalue weighted by Gasteiger charge is 2.03. The maximum Gasteiger partial charge on any atom is 0.191 e. The summed E-state index contributed by atoms with van der Waals surface area (Å²) >= 11 is 0. The highest BCUT2D eigenvalue weighted by atomic mass is 127. The number of rotatable bonds is 6. The van der Waals surface area contributed by atoms with E-state index in [1.807, 2.05) is 18.2 Å². The number of aliphatic imine (C=N–C) groups is 1. The molecule has 1 aliphatic rings. The van der Waals surface area contributed by atoms with Crippen LogP contribution in [0.25, 0.3) is 0 Å².